The molecule has 0 radical (unpaired) electrons. The number of piperidine rings is 1. The van der Waals surface area contributed by atoms with E-state index in [0.717, 1.165) is 40.9 Å². The van der Waals surface area contributed by atoms with E-state index < -0.39 is 15.9 Å². The molecule has 43 heavy (non-hydrogen) atoms. The summed E-state index contributed by atoms with van der Waals surface area (Å²) in [4.78, 5) is 24.5. The molecule has 1 amide bonds. The molecule has 3 N–H and O–H groups in total. The summed E-state index contributed by atoms with van der Waals surface area (Å²) in [6, 6.07) is 19.5. The molecule has 1 saturated heterocycles. The zero-order chi connectivity index (χ0) is 30.7. The molecule has 0 aliphatic carbocycles. The molecule has 1 atom stereocenters. The fourth-order valence-corrected chi connectivity index (χ4v) is 7.14. The Labute approximate surface area is 266 Å². The van der Waals surface area contributed by atoms with Crippen molar-refractivity contribution >= 4 is 44.3 Å². The number of amides is 1. The van der Waals surface area contributed by atoms with Gasteiger partial charge in [-0.3, -0.25) is 9.69 Å². The Kier molecular flexibility index (Phi) is 9.33. The van der Waals surface area contributed by atoms with Crippen molar-refractivity contribution in [1.82, 2.24) is 19.6 Å². The second kappa shape index (κ2) is 13.0. The highest BCUT2D eigenvalue weighted by Gasteiger charge is 2.25. The number of hydrogen-bond acceptors (Lipinski definition) is 8. The van der Waals surface area contributed by atoms with E-state index in [0.29, 0.717) is 15.5 Å². The zero-order valence-corrected chi connectivity index (χ0v) is 27.3. The summed E-state index contributed by atoms with van der Waals surface area (Å²) in [6.07, 6.45) is 3.65. The number of sulfonamides is 1. The number of benzene rings is 2. The number of carbonyl (C=O) groups is 1. The van der Waals surface area contributed by atoms with Crippen LogP contribution < -0.4 is 15.2 Å². The van der Waals surface area contributed by atoms with Crippen LogP contribution in [0.5, 0.6) is 11.6 Å². The van der Waals surface area contributed by atoms with Crippen molar-refractivity contribution in [3.05, 3.63) is 94.5 Å². The highest BCUT2D eigenvalue weighted by atomic mass is 127. The summed E-state index contributed by atoms with van der Waals surface area (Å²) >= 11 is 2.52. The number of nitrogens with one attached hydrogen (secondary N) is 1. The first kappa shape index (κ1) is 30.9. The predicted molar refractivity (Wildman–Crippen MR) is 176 cm³/mol. The number of pyridine rings is 2. The van der Waals surface area contributed by atoms with Gasteiger partial charge in [0.05, 0.1) is 9.74 Å². The molecule has 2 aromatic heterocycles. The van der Waals surface area contributed by atoms with Gasteiger partial charge in [-0.15, -0.1) is 0 Å². The summed E-state index contributed by atoms with van der Waals surface area (Å²) in [5.74, 6) is -0.328. The van der Waals surface area contributed by atoms with Crippen molar-refractivity contribution in [2.75, 3.05) is 12.3 Å². The van der Waals surface area contributed by atoms with Crippen LogP contribution in [0, 0.1) is 20.8 Å². The number of nitrogen functional groups attached to an aromatic ring is 1. The maximum Gasteiger partial charge on any atom is 0.281 e. The first-order valence-electron chi connectivity index (χ1n) is 14.0. The SMILES string of the molecule is Cc1cc(C)c(Oc2nc(-c3cccc(CN4CCCCC4I)c3)ccc2C(=O)NS(=O)(=O)c2cccc(N)n2)c(C)c1. The van der Waals surface area contributed by atoms with Gasteiger partial charge in [0.1, 0.15) is 17.1 Å². The smallest absolute Gasteiger partial charge is 0.281 e. The van der Waals surface area contributed by atoms with Crippen molar-refractivity contribution in [2.24, 2.45) is 0 Å². The van der Waals surface area contributed by atoms with Gasteiger partial charge < -0.3 is 10.5 Å². The molecule has 2 aromatic carbocycles. The minimum absolute atomic E-state index is 0.00505. The minimum atomic E-state index is -4.31. The lowest BCUT2D eigenvalue weighted by atomic mass is 10.0. The average molecular weight is 712 g/mol. The molecule has 3 heterocycles. The molecule has 5 rings (SSSR count). The molecule has 0 spiro atoms. The normalized spacial score (nSPS) is 15.7. The summed E-state index contributed by atoms with van der Waals surface area (Å²) in [5.41, 5.74) is 11.1. The Bertz CT molecular complexity index is 1760. The number of ether oxygens (including phenoxy) is 1. The van der Waals surface area contributed by atoms with Crippen LogP contribution in [-0.4, -0.2) is 39.8 Å². The van der Waals surface area contributed by atoms with E-state index in [1.54, 1.807) is 6.07 Å². The van der Waals surface area contributed by atoms with Crippen LogP contribution in [0.4, 0.5) is 5.82 Å². The molecule has 1 fully saturated rings. The Morgan fingerprint density at radius 1 is 1.02 bits per heavy atom. The second-order valence-corrected chi connectivity index (χ2v) is 13.9. The molecule has 11 heteroatoms. The molecular weight excluding hydrogens is 677 g/mol. The van der Waals surface area contributed by atoms with Crippen LogP contribution in [0.2, 0.25) is 0 Å². The number of aromatic nitrogens is 2. The molecule has 1 aliphatic rings. The summed E-state index contributed by atoms with van der Waals surface area (Å²) < 4.78 is 34.9. The topological polar surface area (TPSA) is 128 Å². The maximum atomic E-state index is 13.4. The Morgan fingerprint density at radius 2 is 1.77 bits per heavy atom. The Hall–Kier alpha value is -3.55. The summed E-state index contributed by atoms with van der Waals surface area (Å²) in [6.45, 7) is 7.73. The molecule has 9 nitrogen and oxygen atoms in total. The van der Waals surface area contributed by atoms with Gasteiger partial charge in [-0.1, -0.05) is 64.6 Å². The van der Waals surface area contributed by atoms with Gasteiger partial charge in [-0.25, -0.2) is 14.7 Å². The van der Waals surface area contributed by atoms with Gasteiger partial charge >= 0.3 is 0 Å². The fourth-order valence-electron chi connectivity index (χ4n) is 5.28. The number of nitrogens with zero attached hydrogens (tertiary/aromatic N) is 3. The molecular formula is C32H34IN5O4S. The van der Waals surface area contributed by atoms with E-state index >= 15 is 0 Å². The van der Waals surface area contributed by atoms with Crippen molar-refractivity contribution in [3.8, 4) is 22.9 Å². The van der Waals surface area contributed by atoms with Crippen LogP contribution in [0.25, 0.3) is 11.3 Å². The number of likely N-dealkylation sites (tertiary alicyclic amines) is 1. The number of carbonyl (C=O) groups excluding carboxylic acids is 1. The highest BCUT2D eigenvalue weighted by Crippen LogP contribution is 2.33. The third kappa shape index (κ3) is 7.34. The first-order chi connectivity index (χ1) is 20.5. The largest absolute Gasteiger partial charge is 0.438 e. The standard InChI is InChI=1S/C32H34IN5O4S/c1-20-16-21(2)30(22(3)17-20)42-32-25(31(39)37-43(40,41)29-12-7-11-28(34)36-29)13-14-26(35-32)24-9-6-8-23(18-24)19-38-15-5-4-10-27(38)33/h6-9,11-14,16-18,27H,4-5,10,15,19H2,1-3H3,(H2,34,36)(H,37,39). The average Bonchev–Trinajstić information content (AvgIpc) is 2.96. The summed E-state index contributed by atoms with van der Waals surface area (Å²) in [7, 11) is -4.31. The molecule has 0 saturated carbocycles. The van der Waals surface area contributed by atoms with Crippen LogP contribution in [0.15, 0.2) is 71.8 Å². The van der Waals surface area contributed by atoms with E-state index in [1.165, 1.54) is 43.5 Å². The van der Waals surface area contributed by atoms with Crippen LogP contribution in [-0.2, 0) is 16.6 Å². The van der Waals surface area contributed by atoms with Gasteiger partial charge in [-0.05, 0) is 93.6 Å². The maximum absolute atomic E-state index is 13.4. The predicted octanol–water partition coefficient (Wildman–Crippen LogP) is 6.31. The van der Waals surface area contributed by atoms with E-state index in [9.17, 15) is 13.2 Å². The molecule has 1 unspecified atom stereocenters. The molecule has 0 bridgehead atoms. The first-order valence-corrected chi connectivity index (χ1v) is 16.8. The number of anilines is 1. The molecule has 224 valence electrons. The van der Waals surface area contributed by atoms with Crippen molar-refractivity contribution in [1.29, 1.82) is 0 Å². The van der Waals surface area contributed by atoms with Crippen molar-refractivity contribution in [3.63, 3.8) is 0 Å². The molecule has 1 aliphatic heterocycles. The van der Waals surface area contributed by atoms with Crippen molar-refractivity contribution in [2.45, 2.75) is 55.7 Å². The number of hydrogen-bond donors (Lipinski definition) is 2. The minimum Gasteiger partial charge on any atom is -0.438 e. The number of aryl methyl sites for hydroxylation is 3. The molecule has 4 aromatic rings. The van der Waals surface area contributed by atoms with Crippen LogP contribution in [0.3, 0.4) is 0 Å². The number of rotatable bonds is 8. The van der Waals surface area contributed by atoms with Gasteiger partial charge in [-0.2, -0.15) is 8.42 Å². The van der Waals surface area contributed by atoms with E-state index in [-0.39, 0.29) is 22.3 Å². The highest BCUT2D eigenvalue weighted by molar-refractivity contribution is 14.1. The van der Waals surface area contributed by atoms with Gasteiger partial charge in [0, 0.05) is 12.1 Å². The monoisotopic (exact) mass is 711 g/mol. The lowest BCUT2D eigenvalue weighted by Crippen LogP contribution is -2.34. The number of alkyl halides is 1. The van der Waals surface area contributed by atoms with E-state index in [4.69, 9.17) is 15.5 Å². The fraction of sp³-hybridized carbons (Fsp3) is 0.281. The van der Waals surface area contributed by atoms with Crippen molar-refractivity contribution < 1.29 is 17.9 Å². The van der Waals surface area contributed by atoms with Crippen LogP contribution in [0.1, 0.15) is 51.9 Å². The Morgan fingerprint density at radius 3 is 2.49 bits per heavy atom. The van der Waals surface area contributed by atoms with Gasteiger partial charge in [0.15, 0.2) is 5.03 Å². The lowest BCUT2D eigenvalue weighted by Gasteiger charge is -2.32. The Balaban J connectivity index is 1.51. The van der Waals surface area contributed by atoms with E-state index in [2.05, 4.69) is 49.3 Å². The number of halogens is 1. The van der Waals surface area contributed by atoms with E-state index in [1.807, 2.05) is 45.0 Å². The number of nitrogens with two attached hydrogens (primary N) is 1. The van der Waals surface area contributed by atoms with Gasteiger partial charge in [0.2, 0.25) is 5.88 Å². The zero-order valence-electron chi connectivity index (χ0n) is 24.3. The second-order valence-electron chi connectivity index (χ2n) is 10.8. The third-order valence-corrected chi connectivity index (χ3v) is 9.94. The summed E-state index contributed by atoms with van der Waals surface area (Å²) in [5, 5.41) is -0.364. The third-order valence-electron chi connectivity index (χ3n) is 7.30. The quantitative estimate of drug-likeness (QED) is 0.124. The van der Waals surface area contributed by atoms with Gasteiger partial charge in [0.25, 0.3) is 15.9 Å². The van der Waals surface area contributed by atoms with Crippen LogP contribution >= 0.6 is 22.6 Å². The lowest BCUT2D eigenvalue weighted by molar-refractivity contribution is 0.0978.